The van der Waals surface area contributed by atoms with E-state index in [9.17, 15) is 19.2 Å². The average Bonchev–Trinajstić information content (AvgIpc) is 3.27. The molecule has 0 unspecified atom stereocenters. The molecule has 0 fully saturated rings. The van der Waals surface area contributed by atoms with E-state index in [1.807, 2.05) is 66.8 Å². The molecule has 59 heavy (non-hydrogen) atoms. The Kier molecular flexibility index (Phi) is 19.6. The quantitative estimate of drug-likeness (QED) is 0.0268. The van der Waals surface area contributed by atoms with Crippen LogP contribution in [0.4, 0.5) is 0 Å². The summed E-state index contributed by atoms with van der Waals surface area (Å²) < 4.78 is 22.2. The van der Waals surface area contributed by atoms with Crippen LogP contribution in [0.1, 0.15) is 125 Å². The smallest absolute Gasteiger partial charge is 0.338 e. The second kappa shape index (κ2) is 25.4. The number of esters is 4. The Morgan fingerprint density at radius 3 is 0.898 bits per heavy atom. The molecule has 0 bridgehead atoms. The molecule has 0 N–H and O–H groups in total. The number of unbranched alkanes of at least 4 members (excludes halogenated alkanes) is 8. The molecule has 4 aromatic rings. The molecule has 0 aliphatic carbocycles. The Balaban J connectivity index is 1.56. The predicted octanol–water partition coefficient (Wildman–Crippen LogP) is 12.6. The summed E-state index contributed by atoms with van der Waals surface area (Å²) in [5, 5.41) is 0. The molecule has 4 aromatic carbocycles. The maximum atomic E-state index is 13.1. The van der Waals surface area contributed by atoms with Crippen LogP contribution in [0.25, 0.3) is 33.4 Å². The SMILES string of the molecule is C=CCCCCOC(=O)c1cc(C(=O)OCCCCC)cc(-c2ccc(-c3ccc(-c4cc(C(=O)OCCCCC=C)cc(C(=O)OCCCCC=C)c4)cc3)cc2)c1. The molecule has 0 radical (unpaired) electrons. The van der Waals surface area contributed by atoms with Crippen molar-refractivity contribution in [2.24, 2.45) is 0 Å². The Morgan fingerprint density at radius 1 is 0.390 bits per heavy atom. The van der Waals surface area contributed by atoms with Crippen LogP contribution in [0.5, 0.6) is 0 Å². The van der Waals surface area contributed by atoms with Crippen molar-refractivity contribution in [1.82, 2.24) is 0 Å². The van der Waals surface area contributed by atoms with Gasteiger partial charge in [0.1, 0.15) is 0 Å². The number of rotatable bonds is 26. The van der Waals surface area contributed by atoms with Gasteiger partial charge in [-0.2, -0.15) is 0 Å². The van der Waals surface area contributed by atoms with Gasteiger partial charge in [-0.3, -0.25) is 0 Å². The molecule has 0 aromatic heterocycles. The first kappa shape index (κ1) is 45.7. The highest BCUT2D eigenvalue weighted by atomic mass is 16.5. The fourth-order valence-corrected chi connectivity index (χ4v) is 6.29. The van der Waals surface area contributed by atoms with Gasteiger partial charge in [-0.05, 0) is 134 Å². The van der Waals surface area contributed by atoms with E-state index in [1.165, 1.54) is 12.1 Å². The van der Waals surface area contributed by atoms with Crippen LogP contribution in [0.15, 0.2) is 123 Å². The first-order chi connectivity index (χ1) is 28.8. The van der Waals surface area contributed by atoms with Crippen molar-refractivity contribution in [3.05, 3.63) is 145 Å². The van der Waals surface area contributed by atoms with E-state index in [1.54, 1.807) is 24.3 Å². The van der Waals surface area contributed by atoms with Gasteiger partial charge in [0.25, 0.3) is 0 Å². The number of ether oxygens (including phenoxy) is 4. The molecule has 0 aliphatic heterocycles. The lowest BCUT2D eigenvalue weighted by Gasteiger charge is -2.12. The average molecular weight is 799 g/mol. The molecular formula is C51H58O8. The highest BCUT2D eigenvalue weighted by Gasteiger charge is 2.18. The minimum Gasteiger partial charge on any atom is -0.462 e. The fraction of sp³-hybridized carbons (Fsp3) is 0.333. The van der Waals surface area contributed by atoms with Crippen molar-refractivity contribution < 1.29 is 38.1 Å². The summed E-state index contributed by atoms with van der Waals surface area (Å²) in [6, 6.07) is 25.7. The van der Waals surface area contributed by atoms with Crippen LogP contribution >= 0.6 is 0 Å². The summed E-state index contributed by atoms with van der Waals surface area (Å²) in [4.78, 5) is 52.4. The minimum absolute atomic E-state index is 0.273. The molecule has 0 spiro atoms. The summed E-state index contributed by atoms with van der Waals surface area (Å²) in [6.45, 7) is 14.4. The summed E-state index contributed by atoms with van der Waals surface area (Å²) in [7, 11) is 0. The van der Waals surface area contributed by atoms with Gasteiger partial charge in [0.05, 0.1) is 48.7 Å². The maximum absolute atomic E-state index is 13.1. The van der Waals surface area contributed by atoms with E-state index in [0.717, 1.165) is 86.5 Å². The summed E-state index contributed by atoms with van der Waals surface area (Å²) in [5.41, 5.74) is 6.01. The zero-order valence-electron chi connectivity index (χ0n) is 34.5. The molecule has 8 nitrogen and oxygen atoms in total. The Morgan fingerprint density at radius 2 is 0.644 bits per heavy atom. The summed E-state index contributed by atoms with van der Waals surface area (Å²) in [5.74, 6) is -1.98. The minimum atomic E-state index is -0.500. The van der Waals surface area contributed by atoms with E-state index in [2.05, 4.69) is 26.7 Å². The fourth-order valence-electron chi connectivity index (χ4n) is 6.29. The number of carbonyl (C=O) groups is 4. The van der Waals surface area contributed by atoms with Crippen molar-refractivity contribution in [2.45, 2.75) is 84.0 Å². The summed E-state index contributed by atoms with van der Waals surface area (Å²) >= 11 is 0. The number of hydrogen-bond donors (Lipinski definition) is 0. The predicted molar refractivity (Wildman–Crippen MR) is 236 cm³/mol. The highest BCUT2D eigenvalue weighted by Crippen LogP contribution is 2.30. The standard InChI is InChI=1S/C51H58O8/c1-5-9-13-17-29-57-49(53)45-33-42(32-44(36-45)48(52)56-28-16-12-8-4)40-24-20-38(21-25-40)39-22-26-41(27-23-39)43-34-46(50(54)58-30-18-14-10-6-2)37-47(35-43)51(55)59-31-19-15-11-7-3/h5-7,20-27,32-37H,1-3,8-19,28-31H2,4H3. The van der Waals surface area contributed by atoms with Gasteiger partial charge in [0.2, 0.25) is 0 Å². The van der Waals surface area contributed by atoms with E-state index in [-0.39, 0.29) is 42.1 Å². The molecule has 310 valence electrons. The molecule has 0 heterocycles. The van der Waals surface area contributed by atoms with Gasteiger partial charge in [-0.1, -0.05) is 86.5 Å². The van der Waals surface area contributed by atoms with Crippen molar-refractivity contribution in [2.75, 3.05) is 26.4 Å². The lowest BCUT2D eigenvalue weighted by molar-refractivity contribution is 0.0478. The Bertz CT molecular complexity index is 1960. The maximum Gasteiger partial charge on any atom is 0.338 e. The number of carbonyl (C=O) groups excluding carboxylic acids is 4. The second-order valence-corrected chi connectivity index (χ2v) is 14.4. The van der Waals surface area contributed by atoms with Gasteiger partial charge in [-0.25, -0.2) is 19.2 Å². The molecular weight excluding hydrogens is 741 g/mol. The molecule has 4 rings (SSSR count). The number of allylic oxidation sites excluding steroid dienone is 3. The zero-order chi connectivity index (χ0) is 42.2. The van der Waals surface area contributed by atoms with E-state index >= 15 is 0 Å². The Hall–Kier alpha value is -6.02. The third-order valence-electron chi connectivity index (χ3n) is 9.67. The van der Waals surface area contributed by atoms with Crippen LogP contribution in [0.3, 0.4) is 0 Å². The van der Waals surface area contributed by atoms with Crippen LogP contribution in [-0.4, -0.2) is 50.3 Å². The van der Waals surface area contributed by atoms with Crippen LogP contribution in [0.2, 0.25) is 0 Å². The monoisotopic (exact) mass is 798 g/mol. The first-order valence-corrected chi connectivity index (χ1v) is 20.8. The van der Waals surface area contributed by atoms with E-state index in [4.69, 9.17) is 18.9 Å². The van der Waals surface area contributed by atoms with Crippen molar-refractivity contribution in [1.29, 1.82) is 0 Å². The lowest BCUT2D eigenvalue weighted by Crippen LogP contribution is -2.11. The van der Waals surface area contributed by atoms with Gasteiger partial charge >= 0.3 is 23.9 Å². The molecule has 8 heteroatoms. The molecule has 0 amide bonds. The van der Waals surface area contributed by atoms with E-state index < -0.39 is 23.9 Å². The zero-order valence-corrected chi connectivity index (χ0v) is 34.5. The third-order valence-corrected chi connectivity index (χ3v) is 9.67. The highest BCUT2D eigenvalue weighted by molar-refractivity contribution is 5.99. The number of benzene rings is 4. The number of hydrogen-bond acceptors (Lipinski definition) is 8. The van der Waals surface area contributed by atoms with Gasteiger partial charge in [-0.15, -0.1) is 19.7 Å². The molecule has 0 aliphatic rings. The van der Waals surface area contributed by atoms with Crippen molar-refractivity contribution in [3.8, 4) is 33.4 Å². The van der Waals surface area contributed by atoms with E-state index in [0.29, 0.717) is 30.6 Å². The topological polar surface area (TPSA) is 105 Å². The van der Waals surface area contributed by atoms with Gasteiger partial charge in [0.15, 0.2) is 0 Å². The normalized spacial score (nSPS) is 10.7. The molecule has 0 atom stereocenters. The molecule has 0 saturated heterocycles. The van der Waals surface area contributed by atoms with Crippen LogP contribution in [-0.2, 0) is 18.9 Å². The van der Waals surface area contributed by atoms with Crippen molar-refractivity contribution >= 4 is 23.9 Å². The van der Waals surface area contributed by atoms with Gasteiger partial charge < -0.3 is 18.9 Å². The Labute approximate surface area is 349 Å². The summed E-state index contributed by atoms with van der Waals surface area (Å²) in [6.07, 6.45) is 15.5. The molecule has 0 saturated carbocycles. The second-order valence-electron chi connectivity index (χ2n) is 14.4. The first-order valence-electron chi connectivity index (χ1n) is 20.8. The van der Waals surface area contributed by atoms with Crippen LogP contribution < -0.4 is 0 Å². The van der Waals surface area contributed by atoms with Crippen LogP contribution in [0, 0.1) is 0 Å². The third kappa shape index (κ3) is 15.0. The van der Waals surface area contributed by atoms with Gasteiger partial charge in [0, 0.05) is 0 Å². The lowest BCUT2D eigenvalue weighted by atomic mass is 9.95. The largest absolute Gasteiger partial charge is 0.462 e. The van der Waals surface area contributed by atoms with Crippen molar-refractivity contribution in [3.63, 3.8) is 0 Å².